The standard InChI is InChI=1S/C42H55F3N8O5/c1-7-33(50-39(55)21(3)46-5)41(57)52-19-25(45)13-26(52)17-31-29-11-9-23(43)14-35(29)48-37(31)38-32(30-12-10-24(44)15-36(30)49-38)18-27-16-28(54)20-53(27)42(58)34(8-2)51-40(56)22(4)47-6/h9-12,14-15,21-22,25-28,33-34,46-49,54H,7-8,13,16-20H2,1-6H3,(H,50,55)(H,51,56). The molecule has 0 radical (unpaired) electrons. The quantitative estimate of drug-likeness (QED) is 0.0962. The Morgan fingerprint density at radius 1 is 0.741 bits per heavy atom. The third-order valence-electron chi connectivity index (χ3n) is 11.9. The number of aromatic amines is 2. The van der Waals surface area contributed by atoms with Gasteiger partial charge in [0.1, 0.15) is 29.9 Å². The predicted molar refractivity (Wildman–Crippen MR) is 216 cm³/mol. The Morgan fingerprint density at radius 3 is 1.60 bits per heavy atom. The topological polar surface area (TPSA) is 175 Å². The average Bonchev–Trinajstić information content (AvgIpc) is 3.96. The van der Waals surface area contributed by atoms with Gasteiger partial charge >= 0.3 is 0 Å². The fourth-order valence-corrected chi connectivity index (χ4v) is 8.39. The highest BCUT2D eigenvalue weighted by Gasteiger charge is 2.41. The highest BCUT2D eigenvalue weighted by Crippen LogP contribution is 2.40. The van der Waals surface area contributed by atoms with Crippen molar-refractivity contribution in [3.63, 3.8) is 0 Å². The SMILES string of the molecule is CCC(NC(=O)C(C)NC)C(=O)N1CC(O)CC1Cc1c(-c2[nH]c3cc(F)ccc3c2CC2CC(F)CN2C(=O)C(CC)NC(=O)C(C)NC)[nH]c2cc(F)ccc12. The molecule has 2 fully saturated rings. The number of halogens is 3. The predicted octanol–water partition coefficient (Wildman–Crippen LogP) is 3.59. The summed E-state index contributed by atoms with van der Waals surface area (Å²) < 4.78 is 44.9. The number of H-pyrrole nitrogens is 2. The molecule has 16 heteroatoms. The summed E-state index contributed by atoms with van der Waals surface area (Å²) in [7, 11) is 3.29. The molecule has 58 heavy (non-hydrogen) atoms. The first kappa shape index (κ1) is 42.7. The van der Waals surface area contributed by atoms with Gasteiger partial charge in [-0.25, -0.2) is 13.2 Å². The van der Waals surface area contributed by atoms with E-state index in [0.717, 1.165) is 0 Å². The van der Waals surface area contributed by atoms with E-state index in [1.165, 1.54) is 29.2 Å². The minimum absolute atomic E-state index is 0.0420. The van der Waals surface area contributed by atoms with Crippen molar-refractivity contribution in [3.05, 3.63) is 59.2 Å². The lowest BCUT2D eigenvalue weighted by atomic mass is 9.94. The number of carbonyl (C=O) groups is 4. The Kier molecular flexibility index (Phi) is 13.2. The van der Waals surface area contributed by atoms with Gasteiger partial charge in [-0.3, -0.25) is 19.2 Å². The van der Waals surface area contributed by atoms with E-state index in [0.29, 0.717) is 57.2 Å². The number of nitrogens with zero attached hydrogens (tertiary/aromatic N) is 2. The van der Waals surface area contributed by atoms with Crippen molar-refractivity contribution < 1.29 is 37.5 Å². The lowest BCUT2D eigenvalue weighted by Gasteiger charge is -2.30. The van der Waals surface area contributed by atoms with E-state index in [4.69, 9.17) is 0 Å². The number of alkyl halides is 1. The zero-order valence-corrected chi connectivity index (χ0v) is 33.8. The van der Waals surface area contributed by atoms with Crippen molar-refractivity contribution in [2.45, 2.75) is 115 Å². The summed E-state index contributed by atoms with van der Waals surface area (Å²) in [6.45, 7) is 6.85. The van der Waals surface area contributed by atoms with Crippen LogP contribution in [-0.2, 0) is 32.0 Å². The molecule has 2 saturated heterocycles. The Morgan fingerprint density at radius 2 is 1.17 bits per heavy atom. The summed E-state index contributed by atoms with van der Waals surface area (Å²) in [6.07, 6.45) is -0.824. The maximum Gasteiger partial charge on any atom is 0.245 e. The molecule has 4 heterocycles. The van der Waals surface area contributed by atoms with Crippen molar-refractivity contribution in [2.24, 2.45) is 0 Å². The Hall–Kier alpha value is -4.93. The van der Waals surface area contributed by atoms with Crippen molar-refractivity contribution >= 4 is 45.4 Å². The van der Waals surface area contributed by atoms with Crippen LogP contribution in [0.3, 0.4) is 0 Å². The second-order valence-electron chi connectivity index (χ2n) is 15.7. The van der Waals surface area contributed by atoms with E-state index >= 15 is 4.39 Å². The number of benzene rings is 2. The number of nitrogens with one attached hydrogen (secondary N) is 6. The molecule has 8 unspecified atom stereocenters. The van der Waals surface area contributed by atoms with Gasteiger partial charge in [-0.1, -0.05) is 13.8 Å². The number of aliphatic hydroxyl groups excluding tert-OH is 1. The highest BCUT2D eigenvalue weighted by molar-refractivity contribution is 5.97. The molecule has 4 amide bonds. The van der Waals surface area contributed by atoms with Crippen LogP contribution in [0.25, 0.3) is 33.2 Å². The van der Waals surface area contributed by atoms with Crippen LogP contribution in [0.2, 0.25) is 0 Å². The zero-order valence-electron chi connectivity index (χ0n) is 33.8. The van der Waals surface area contributed by atoms with Crippen LogP contribution in [0.4, 0.5) is 13.2 Å². The molecule has 13 nitrogen and oxygen atoms in total. The van der Waals surface area contributed by atoms with Crippen LogP contribution < -0.4 is 21.3 Å². The van der Waals surface area contributed by atoms with E-state index in [9.17, 15) is 33.1 Å². The summed E-state index contributed by atoms with van der Waals surface area (Å²) in [5.74, 6) is -2.38. The van der Waals surface area contributed by atoms with Gasteiger partial charge in [0.2, 0.25) is 23.6 Å². The van der Waals surface area contributed by atoms with Gasteiger partial charge in [-0.05, 0) is 108 Å². The van der Waals surface area contributed by atoms with Gasteiger partial charge in [0, 0.05) is 46.9 Å². The fraction of sp³-hybridized carbons (Fsp3) is 0.524. The molecule has 4 aromatic rings. The van der Waals surface area contributed by atoms with Crippen molar-refractivity contribution in [2.75, 3.05) is 27.2 Å². The third-order valence-corrected chi connectivity index (χ3v) is 11.9. The number of aliphatic hydroxyl groups is 1. The molecule has 2 aromatic heterocycles. The molecule has 2 aliphatic rings. The number of β-amino-alcohol motifs (C(OH)–C–C–N with tert-alkyl or cyclic N) is 1. The molecule has 314 valence electrons. The molecule has 6 rings (SSSR count). The number of hydrogen-bond donors (Lipinski definition) is 7. The second kappa shape index (κ2) is 17.9. The first-order valence-corrected chi connectivity index (χ1v) is 20.2. The van der Waals surface area contributed by atoms with E-state index < -0.39 is 66.1 Å². The number of hydrogen-bond acceptors (Lipinski definition) is 7. The lowest BCUT2D eigenvalue weighted by Crippen LogP contribution is -2.53. The Labute approximate surface area is 335 Å². The molecular formula is C42H55F3N8O5. The van der Waals surface area contributed by atoms with E-state index in [-0.39, 0.29) is 56.5 Å². The maximum absolute atomic E-state index is 15.4. The minimum atomic E-state index is -1.31. The average molecular weight is 809 g/mol. The minimum Gasteiger partial charge on any atom is -0.391 e. The Bertz CT molecular complexity index is 2010. The maximum atomic E-state index is 15.4. The first-order valence-electron chi connectivity index (χ1n) is 20.2. The second-order valence-corrected chi connectivity index (χ2v) is 15.7. The molecule has 2 aromatic carbocycles. The first-order chi connectivity index (χ1) is 27.7. The summed E-state index contributed by atoms with van der Waals surface area (Å²) in [5, 5.41) is 23.6. The molecule has 0 saturated carbocycles. The van der Waals surface area contributed by atoms with Crippen LogP contribution in [0.5, 0.6) is 0 Å². The van der Waals surface area contributed by atoms with E-state index in [1.807, 2.05) is 0 Å². The van der Waals surface area contributed by atoms with Gasteiger partial charge in [0.25, 0.3) is 0 Å². The number of likely N-dealkylation sites (N-methyl/N-ethyl adjacent to an activating group) is 2. The normalized spacial score (nSPS) is 21.7. The number of aromatic nitrogens is 2. The van der Waals surface area contributed by atoms with Crippen molar-refractivity contribution in [3.8, 4) is 11.4 Å². The molecule has 0 bridgehead atoms. The van der Waals surface area contributed by atoms with Gasteiger partial charge in [-0.2, -0.15) is 0 Å². The smallest absolute Gasteiger partial charge is 0.245 e. The van der Waals surface area contributed by atoms with Gasteiger partial charge in [0.15, 0.2) is 0 Å². The van der Waals surface area contributed by atoms with E-state index in [2.05, 4.69) is 31.2 Å². The van der Waals surface area contributed by atoms with Crippen LogP contribution in [0.15, 0.2) is 36.4 Å². The number of likely N-dealkylation sites (tertiary alicyclic amines) is 2. The number of fused-ring (bicyclic) bond motifs is 2. The summed E-state index contributed by atoms with van der Waals surface area (Å²) in [6, 6.07) is 4.77. The highest BCUT2D eigenvalue weighted by atomic mass is 19.1. The summed E-state index contributed by atoms with van der Waals surface area (Å²) in [4.78, 5) is 63.4. The van der Waals surface area contributed by atoms with Crippen molar-refractivity contribution in [1.82, 2.24) is 41.0 Å². The molecular weight excluding hydrogens is 754 g/mol. The molecule has 0 aliphatic carbocycles. The third kappa shape index (κ3) is 8.73. The lowest BCUT2D eigenvalue weighted by molar-refractivity contribution is -0.138. The van der Waals surface area contributed by atoms with Gasteiger partial charge < -0.3 is 46.1 Å². The zero-order chi connectivity index (χ0) is 42.0. The molecule has 2 aliphatic heterocycles. The summed E-state index contributed by atoms with van der Waals surface area (Å²) in [5.41, 5.74) is 3.37. The van der Waals surface area contributed by atoms with E-state index in [1.54, 1.807) is 58.8 Å². The van der Waals surface area contributed by atoms with Crippen molar-refractivity contribution in [1.29, 1.82) is 0 Å². The number of carbonyl (C=O) groups excluding carboxylic acids is 4. The number of amides is 4. The molecule has 7 N–H and O–H groups in total. The van der Waals surface area contributed by atoms with Gasteiger partial charge in [0.05, 0.1) is 36.1 Å². The van der Waals surface area contributed by atoms with Gasteiger partial charge in [-0.15, -0.1) is 0 Å². The van der Waals surface area contributed by atoms with Crippen LogP contribution >= 0.6 is 0 Å². The van der Waals surface area contributed by atoms with Crippen LogP contribution in [0, 0.1) is 11.6 Å². The molecule has 0 spiro atoms. The Balaban J connectivity index is 1.40. The largest absolute Gasteiger partial charge is 0.391 e. The fourth-order valence-electron chi connectivity index (χ4n) is 8.39. The number of rotatable bonds is 15. The monoisotopic (exact) mass is 808 g/mol. The van der Waals surface area contributed by atoms with Crippen LogP contribution in [-0.4, -0.2) is 124 Å². The van der Waals surface area contributed by atoms with Crippen LogP contribution in [0.1, 0.15) is 64.5 Å². The summed E-state index contributed by atoms with van der Waals surface area (Å²) >= 11 is 0. The molecule has 8 atom stereocenters.